The van der Waals surface area contributed by atoms with Crippen molar-refractivity contribution in [3.8, 4) is 0 Å². The van der Waals surface area contributed by atoms with Gasteiger partial charge in [0, 0.05) is 31.5 Å². The number of hydrogen-bond donors (Lipinski definition) is 1. The maximum Gasteiger partial charge on any atom is 0.265 e. The zero-order chi connectivity index (χ0) is 20.9. The molecule has 0 aromatic heterocycles. The van der Waals surface area contributed by atoms with Crippen LogP contribution in [-0.4, -0.2) is 47.7 Å². The summed E-state index contributed by atoms with van der Waals surface area (Å²) in [5.41, 5.74) is 2.07. The van der Waals surface area contributed by atoms with Gasteiger partial charge >= 0.3 is 0 Å². The molecule has 1 N–H and O–H groups in total. The SMILES string of the molecule is O=C(N[C@H](Cc1ccccc1)C(=O)N1CCCC1)[C@@H]1CC(c2cccc(F)c2)=NO1. The fourth-order valence-corrected chi connectivity index (χ4v) is 3.83. The molecule has 0 bridgehead atoms. The fourth-order valence-electron chi connectivity index (χ4n) is 3.83. The van der Waals surface area contributed by atoms with E-state index in [0.29, 0.717) is 30.8 Å². The summed E-state index contributed by atoms with van der Waals surface area (Å²) in [6.07, 6.45) is 1.76. The number of carbonyl (C=O) groups excluding carboxylic acids is 2. The van der Waals surface area contributed by atoms with Crippen LogP contribution in [0, 0.1) is 5.82 Å². The molecule has 6 nitrogen and oxygen atoms in total. The van der Waals surface area contributed by atoms with Crippen LogP contribution >= 0.6 is 0 Å². The molecule has 2 amide bonds. The molecule has 2 aliphatic rings. The Hall–Kier alpha value is -3.22. The van der Waals surface area contributed by atoms with Crippen LogP contribution in [-0.2, 0) is 20.8 Å². The van der Waals surface area contributed by atoms with Gasteiger partial charge in [0.05, 0.1) is 5.71 Å². The van der Waals surface area contributed by atoms with Crippen LogP contribution in [0.5, 0.6) is 0 Å². The molecule has 2 aliphatic heterocycles. The molecular weight excluding hydrogens is 385 g/mol. The summed E-state index contributed by atoms with van der Waals surface area (Å²) in [6, 6.07) is 15.0. The summed E-state index contributed by atoms with van der Waals surface area (Å²) in [5, 5.41) is 6.82. The Kier molecular flexibility index (Phi) is 6.07. The third-order valence-electron chi connectivity index (χ3n) is 5.43. The summed E-state index contributed by atoms with van der Waals surface area (Å²) in [5.74, 6) is -0.838. The number of benzene rings is 2. The van der Waals surface area contributed by atoms with Crippen molar-refractivity contribution in [3.63, 3.8) is 0 Å². The fraction of sp³-hybridized carbons (Fsp3) is 0.348. The van der Waals surface area contributed by atoms with E-state index >= 15 is 0 Å². The second kappa shape index (κ2) is 9.07. The van der Waals surface area contributed by atoms with Crippen molar-refractivity contribution in [3.05, 3.63) is 71.5 Å². The van der Waals surface area contributed by atoms with Crippen molar-refractivity contribution >= 4 is 17.5 Å². The minimum Gasteiger partial charge on any atom is -0.382 e. The lowest BCUT2D eigenvalue weighted by atomic mass is 10.0. The topological polar surface area (TPSA) is 71.0 Å². The average molecular weight is 409 g/mol. The lowest BCUT2D eigenvalue weighted by Crippen LogP contribution is -2.51. The van der Waals surface area contributed by atoms with Crippen LogP contribution in [0.4, 0.5) is 4.39 Å². The van der Waals surface area contributed by atoms with Gasteiger partial charge in [0.1, 0.15) is 11.9 Å². The van der Waals surface area contributed by atoms with Crippen LogP contribution in [0.2, 0.25) is 0 Å². The van der Waals surface area contributed by atoms with E-state index in [1.807, 2.05) is 30.3 Å². The van der Waals surface area contributed by atoms with Gasteiger partial charge in [0.2, 0.25) is 12.0 Å². The first-order chi connectivity index (χ1) is 14.6. The Morgan fingerprint density at radius 1 is 1.13 bits per heavy atom. The van der Waals surface area contributed by atoms with Gasteiger partial charge in [-0.2, -0.15) is 0 Å². The number of likely N-dealkylation sites (tertiary alicyclic amines) is 1. The Labute approximate surface area is 174 Å². The molecule has 1 saturated heterocycles. The second-order valence-electron chi connectivity index (χ2n) is 7.63. The minimum absolute atomic E-state index is 0.0750. The van der Waals surface area contributed by atoms with Crippen LogP contribution < -0.4 is 5.32 Å². The first kappa shape index (κ1) is 20.1. The lowest BCUT2D eigenvalue weighted by Gasteiger charge is -2.25. The smallest absolute Gasteiger partial charge is 0.265 e. The van der Waals surface area contributed by atoms with Crippen LogP contribution in [0.1, 0.15) is 30.4 Å². The van der Waals surface area contributed by atoms with Gasteiger partial charge in [-0.25, -0.2) is 4.39 Å². The Balaban J connectivity index is 1.43. The van der Waals surface area contributed by atoms with Crippen molar-refractivity contribution in [1.82, 2.24) is 10.2 Å². The molecule has 0 radical (unpaired) electrons. The molecule has 0 saturated carbocycles. The molecule has 4 rings (SSSR count). The molecule has 30 heavy (non-hydrogen) atoms. The summed E-state index contributed by atoms with van der Waals surface area (Å²) in [7, 11) is 0. The van der Waals surface area contributed by atoms with E-state index in [1.54, 1.807) is 17.0 Å². The number of hydrogen-bond acceptors (Lipinski definition) is 4. The highest BCUT2D eigenvalue weighted by Gasteiger charge is 2.34. The second-order valence-corrected chi connectivity index (χ2v) is 7.63. The van der Waals surface area contributed by atoms with Gasteiger partial charge in [-0.1, -0.05) is 47.6 Å². The van der Waals surface area contributed by atoms with Crippen molar-refractivity contribution in [2.45, 2.75) is 37.8 Å². The van der Waals surface area contributed by atoms with E-state index in [1.165, 1.54) is 12.1 Å². The molecule has 0 aliphatic carbocycles. The zero-order valence-electron chi connectivity index (χ0n) is 16.6. The van der Waals surface area contributed by atoms with E-state index in [0.717, 1.165) is 18.4 Å². The molecule has 2 heterocycles. The minimum atomic E-state index is -0.840. The highest BCUT2D eigenvalue weighted by Crippen LogP contribution is 2.19. The normalized spacial score (nSPS) is 19.2. The number of amides is 2. The average Bonchev–Trinajstić information content (AvgIpc) is 3.46. The van der Waals surface area contributed by atoms with Crippen molar-refractivity contribution in [2.75, 3.05) is 13.1 Å². The molecule has 2 aromatic rings. The van der Waals surface area contributed by atoms with Gasteiger partial charge in [-0.3, -0.25) is 9.59 Å². The van der Waals surface area contributed by atoms with Crippen molar-refractivity contribution in [1.29, 1.82) is 0 Å². The van der Waals surface area contributed by atoms with E-state index < -0.39 is 18.1 Å². The number of oxime groups is 1. The van der Waals surface area contributed by atoms with E-state index in [-0.39, 0.29) is 18.1 Å². The maximum absolute atomic E-state index is 13.5. The molecule has 0 spiro atoms. The molecule has 156 valence electrons. The maximum atomic E-state index is 13.5. The van der Waals surface area contributed by atoms with Crippen LogP contribution in [0.25, 0.3) is 0 Å². The predicted octanol–water partition coefficient (Wildman–Crippen LogP) is 2.67. The molecule has 2 atom stereocenters. The van der Waals surface area contributed by atoms with E-state index in [9.17, 15) is 14.0 Å². The first-order valence-electron chi connectivity index (χ1n) is 10.2. The molecule has 1 fully saturated rings. The van der Waals surface area contributed by atoms with Gasteiger partial charge < -0.3 is 15.1 Å². The summed E-state index contributed by atoms with van der Waals surface area (Å²) >= 11 is 0. The van der Waals surface area contributed by atoms with Crippen molar-refractivity contribution in [2.24, 2.45) is 5.16 Å². The monoisotopic (exact) mass is 409 g/mol. The Bertz CT molecular complexity index is 942. The number of nitrogens with one attached hydrogen (secondary N) is 1. The Morgan fingerprint density at radius 2 is 1.90 bits per heavy atom. The molecule has 2 aromatic carbocycles. The first-order valence-corrected chi connectivity index (χ1v) is 10.2. The third-order valence-corrected chi connectivity index (χ3v) is 5.43. The number of rotatable bonds is 6. The highest BCUT2D eigenvalue weighted by molar-refractivity contribution is 6.04. The van der Waals surface area contributed by atoms with Gasteiger partial charge in [-0.05, 0) is 30.5 Å². The molecular formula is C23H24FN3O3. The van der Waals surface area contributed by atoms with Gasteiger partial charge in [0.15, 0.2) is 0 Å². The number of halogens is 1. The molecule has 7 heteroatoms. The molecule has 0 unspecified atom stereocenters. The van der Waals surface area contributed by atoms with Crippen LogP contribution in [0.3, 0.4) is 0 Å². The van der Waals surface area contributed by atoms with E-state index in [2.05, 4.69) is 10.5 Å². The summed E-state index contributed by atoms with van der Waals surface area (Å²) in [4.78, 5) is 33.0. The third kappa shape index (κ3) is 4.67. The van der Waals surface area contributed by atoms with Gasteiger partial charge in [0.25, 0.3) is 5.91 Å². The largest absolute Gasteiger partial charge is 0.382 e. The standard InChI is InChI=1S/C23H24FN3O3/c24-18-10-6-9-17(14-18)19-15-21(30-26-19)22(28)25-20(13-16-7-2-1-3-8-16)23(29)27-11-4-5-12-27/h1-3,6-10,14,20-21H,4-5,11-13,15H2,(H,25,28)/t20-,21+/m1/s1. The van der Waals surface area contributed by atoms with Gasteiger partial charge in [-0.15, -0.1) is 0 Å². The lowest BCUT2D eigenvalue weighted by molar-refractivity contribution is -0.139. The van der Waals surface area contributed by atoms with Crippen LogP contribution in [0.15, 0.2) is 59.8 Å². The van der Waals surface area contributed by atoms with E-state index in [4.69, 9.17) is 4.84 Å². The number of carbonyl (C=O) groups is 2. The quantitative estimate of drug-likeness (QED) is 0.798. The summed E-state index contributed by atoms with van der Waals surface area (Å²) < 4.78 is 13.5. The van der Waals surface area contributed by atoms with Crippen molar-refractivity contribution < 1.29 is 18.8 Å². The Morgan fingerprint density at radius 3 is 2.63 bits per heavy atom. The zero-order valence-corrected chi connectivity index (χ0v) is 16.6. The number of nitrogens with zero attached hydrogens (tertiary/aromatic N) is 2. The summed E-state index contributed by atoms with van der Waals surface area (Å²) in [6.45, 7) is 1.43. The highest BCUT2D eigenvalue weighted by atomic mass is 19.1. The predicted molar refractivity (Wildman–Crippen MR) is 110 cm³/mol.